The van der Waals surface area contributed by atoms with E-state index in [2.05, 4.69) is 22.9 Å². The molecule has 1 aliphatic heterocycles. The fraction of sp³-hybridized carbons (Fsp3) is 0.462. The van der Waals surface area contributed by atoms with E-state index in [4.69, 9.17) is 0 Å². The third-order valence-corrected chi connectivity index (χ3v) is 3.63. The van der Waals surface area contributed by atoms with E-state index in [9.17, 15) is 9.90 Å². The standard InChI is InChI=1S/C13H16BrNO2/c1-9-3-2-6-15(8-9)13(17)11-5-4-10(14)7-12(11)16/h4-5,7,9,16H,2-3,6,8H2,1H3. The number of phenolic OH excluding ortho intramolecular Hbond substituents is 1. The number of carbonyl (C=O) groups is 1. The second kappa shape index (κ2) is 5.08. The smallest absolute Gasteiger partial charge is 0.257 e. The summed E-state index contributed by atoms with van der Waals surface area (Å²) in [7, 11) is 0. The minimum atomic E-state index is -0.0680. The normalized spacial score (nSPS) is 20.4. The molecule has 1 N–H and O–H groups in total. The SMILES string of the molecule is CC1CCCN(C(=O)c2ccc(Br)cc2O)C1. The number of hydrogen-bond donors (Lipinski definition) is 1. The van der Waals surface area contributed by atoms with E-state index in [1.54, 1.807) is 18.2 Å². The van der Waals surface area contributed by atoms with Crippen LogP contribution in [0.5, 0.6) is 5.75 Å². The van der Waals surface area contributed by atoms with Crippen LogP contribution in [0, 0.1) is 5.92 Å². The van der Waals surface area contributed by atoms with Gasteiger partial charge in [0.15, 0.2) is 0 Å². The van der Waals surface area contributed by atoms with E-state index in [1.807, 2.05) is 4.90 Å². The molecule has 17 heavy (non-hydrogen) atoms. The average Bonchev–Trinajstić information content (AvgIpc) is 2.28. The van der Waals surface area contributed by atoms with Crippen LogP contribution in [0.4, 0.5) is 0 Å². The van der Waals surface area contributed by atoms with Gasteiger partial charge in [0.2, 0.25) is 0 Å². The van der Waals surface area contributed by atoms with Gasteiger partial charge in [0.1, 0.15) is 5.75 Å². The van der Waals surface area contributed by atoms with Crippen molar-refractivity contribution in [2.75, 3.05) is 13.1 Å². The molecule has 0 saturated carbocycles. The topological polar surface area (TPSA) is 40.5 Å². The molecule has 1 unspecified atom stereocenters. The maximum absolute atomic E-state index is 12.2. The van der Waals surface area contributed by atoms with Crippen molar-refractivity contribution in [1.82, 2.24) is 4.90 Å². The maximum atomic E-state index is 12.2. The van der Waals surface area contributed by atoms with Crippen molar-refractivity contribution in [3.05, 3.63) is 28.2 Å². The first-order valence-corrected chi connectivity index (χ1v) is 6.65. The van der Waals surface area contributed by atoms with Crippen molar-refractivity contribution in [1.29, 1.82) is 0 Å². The van der Waals surface area contributed by atoms with Crippen molar-refractivity contribution >= 4 is 21.8 Å². The van der Waals surface area contributed by atoms with Crippen LogP contribution in [0.1, 0.15) is 30.1 Å². The molecule has 1 saturated heterocycles. The molecule has 1 aliphatic rings. The van der Waals surface area contributed by atoms with Crippen LogP contribution < -0.4 is 0 Å². The van der Waals surface area contributed by atoms with Crippen LogP contribution in [-0.4, -0.2) is 29.0 Å². The number of rotatable bonds is 1. The summed E-state index contributed by atoms with van der Waals surface area (Å²) in [5.74, 6) is 0.523. The number of benzene rings is 1. The number of aromatic hydroxyl groups is 1. The summed E-state index contributed by atoms with van der Waals surface area (Å²) in [5, 5.41) is 9.78. The molecule has 1 aromatic rings. The molecule has 1 atom stereocenters. The molecular weight excluding hydrogens is 282 g/mol. The number of hydrogen-bond acceptors (Lipinski definition) is 2. The van der Waals surface area contributed by atoms with Gasteiger partial charge in [0.05, 0.1) is 5.56 Å². The Kier molecular flexibility index (Phi) is 3.72. The fourth-order valence-corrected chi connectivity index (χ4v) is 2.58. The Bertz CT molecular complexity index is 433. The Morgan fingerprint density at radius 2 is 2.29 bits per heavy atom. The van der Waals surface area contributed by atoms with Crippen LogP contribution in [0.25, 0.3) is 0 Å². The molecule has 1 heterocycles. The Labute approximate surface area is 110 Å². The predicted molar refractivity (Wildman–Crippen MR) is 70.1 cm³/mol. The lowest BCUT2D eigenvalue weighted by molar-refractivity contribution is 0.0680. The molecular formula is C13H16BrNO2. The molecule has 1 aromatic carbocycles. The summed E-state index contributed by atoms with van der Waals surface area (Å²) in [6.07, 6.45) is 2.22. The van der Waals surface area contributed by atoms with Gasteiger partial charge >= 0.3 is 0 Å². The lowest BCUT2D eigenvalue weighted by atomic mass is 9.99. The number of halogens is 1. The summed E-state index contributed by atoms with van der Waals surface area (Å²) < 4.78 is 0.776. The van der Waals surface area contributed by atoms with Gasteiger partial charge in [-0.3, -0.25) is 4.79 Å². The number of amides is 1. The van der Waals surface area contributed by atoms with Gasteiger partial charge in [0.25, 0.3) is 5.91 Å². The van der Waals surface area contributed by atoms with Gasteiger partial charge in [-0.2, -0.15) is 0 Å². The van der Waals surface area contributed by atoms with Crippen LogP contribution in [0.2, 0.25) is 0 Å². The van der Waals surface area contributed by atoms with Gasteiger partial charge in [-0.25, -0.2) is 0 Å². The molecule has 0 bridgehead atoms. The highest BCUT2D eigenvalue weighted by atomic mass is 79.9. The van der Waals surface area contributed by atoms with E-state index < -0.39 is 0 Å². The van der Waals surface area contributed by atoms with Gasteiger partial charge in [-0.15, -0.1) is 0 Å². The molecule has 3 nitrogen and oxygen atoms in total. The Morgan fingerprint density at radius 1 is 1.53 bits per heavy atom. The van der Waals surface area contributed by atoms with E-state index in [0.29, 0.717) is 11.5 Å². The molecule has 0 aromatic heterocycles. The zero-order chi connectivity index (χ0) is 12.4. The van der Waals surface area contributed by atoms with Gasteiger partial charge in [-0.1, -0.05) is 22.9 Å². The molecule has 92 valence electrons. The first kappa shape index (κ1) is 12.4. The van der Waals surface area contributed by atoms with Gasteiger partial charge < -0.3 is 10.0 Å². The van der Waals surface area contributed by atoms with E-state index >= 15 is 0 Å². The monoisotopic (exact) mass is 297 g/mol. The summed E-state index contributed by atoms with van der Waals surface area (Å²) >= 11 is 3.27. The van der Waals surface area contributed by atoms with Crippen molar-refractivity contribution < 1.29 is 9.90 Å². The lowest BCUT2D eigenvalue weighted by Gasteiger charge is -2.31. The lowest BCUT2D eigenvalue weighted by Crippen LogP contribution is -2.39. The molecule has 1 fully saturated rings. The Balaban J connectivity index is 2.18. The van der Waals surface area contributed by atoms with Crippen molar-refractivity contribution in [2.45, 2.75) is 19.8 Å². The molecule has 0 spiro atoms. The molecule has 1 amide bonds. The number of carbonyl (C=O) groups excluding carboxylic acids is 1. The third-order valence-electron chi connectivity index (χ3n) is 3.13. The highest BCUT2D eigenvalue weighted by Crippen LogP contribution is 2.25. The summed E-state index contributed by atoms with van der Waals surface area (Å²) in [6, 6.07) is 5.00. The number of nitrogens with zero attached hydrogens (tertiary/aromatic N) is 1. The van der Waals surface area contributed by atoms with Crippen LogP contribution in [0.3, 0.4) is 0 Å². The second-order valence-electron chi connectivity index (χ2n) is 4.66. The minimum absolute atomic E-state index is 0.0441. The largest absolute Gasteiger partial charge is 0.507 e. The number of likely N-dealkylation sites (tertiary alicyclic amines) is 1. The van der Waals surface area contributed by atoms with Crippen molar-refractivity contribution in [3.8, 4) is 5.75 Å². The third kappa shape index (κ3) is 2.80. The highest BCUT2D eigenvalue weighted by molar-refractivity contribution is 9.10. The van der Waals surface area contributed by atoms with Gasteiger partial charge in [-0.05, 0) is 37.0 Å². The molecule has 2 rings (SSSR count). The number of piperidine rings is 1. The van der Waals surface area contributed by atoms with E-state index in [1.165, 1.54) is 6.42 Å². The fourth-order valence-electron chi connectivity index (χ4n) is 2.23. The zero-order valence-electron chi connectivity index (χ0n) is 9.82. The van der Waals surface area contributed by atoms with E-state index in [-0.39, 0.29) is 11.7 Å². The first-order chi connectivity index (χ1) is 8.08. The van der Waals surface area contributed by atoms with Crippen molar-refractivity contribution in [3.63, 3.8) is 0 Å². The number of phenols is 1. The molecule has 0 radical (unpaired) electrons. The quantitative estimate of drug-likeness (QED) is 0.865. The highest BCUT2D eigenvalue weighted by Gasteiger charge is 2.23. The zero-order valence-corrected chi connectivity index (χ0v) is 11.4. The summed E-state index contributed by atoms with van der Waals surface area (Å²) in [5.41, 5.74) is 0.391. The van der Waals surface area contributed by atoms with E-state index in [0.717, 1.165) is 24.0 Å². The Hall–Kier alpha value is -1.03. The maximum Gasteiger partial charge on any atom is 0.257 e. The van der Waals surface area contributed by atoms with Gasteiger partial charge in [0, 0.05) is 17.6 Å². The average molecular weight is 298 g/mol. The van der Waals surface area contributed by atoms with Crippen LogP contribution in [0.15, 0.2) is 22.7 Å². The predicted octanol–water partition coefficient (Wildman–Crippen LogP) is 3.03. The Morgan fingerprint density at radius 3 is 2.94 bits per heavy atom. The van der Waals surface area contributed by atoms with Crippen LogP contribution >= 0.6 is 15.9 Å². The molecule has 4 heteroatoms. The first-order valence-electron chi connectivity index (χ1n) is 5.85. The summed E-state index contributed by atoms with van der Waals surface area (Å²) in [6.45, 7) is 3.73. The summed E-state index contributed by atoms with van der Waals surface area (Å²) in [4.78, 5) is 14.1. The molecule has 0 aliphatic carbocycles. The van der Waals surface area contributed by atoms with Crippen molar-refractivity contribution in [2.24, 2.45) is 5.92 Å². The van der Waals surface area contributed by atoms with Crippen LogP contribution in [-0.2, 0) is 0 Å². The second-order valence-corrected chi connectivity index (χ2v) is 5.58. The minimum Gasteiger partial charge on any atom is -0.507 e.